The molecule has 1 aliphatic rings. The number of nitrogens with one attached hydrogen (secondary N) is 1. The fourth-order valence-electron chi connectivity index (χ4n) is 3.00. The van der Waals surface area contributed by atoms with Crippen molar-refractivity contribution in [1.82, 2.24) is 5.32 Å². The summed E-state index contributed by atoms with van der Waals surface area (Å²) in [5.41, 5.74) is 2.94. The first-order chi connectivity index (χ1) is 9.36. The molecule has 3 heteroatoms. The lowest BCUT2D eigenvalue weighted by atomic mass is 9.89. The number of rotatable bonds is 3. The summed E-state index contributed by atoms with van der Waals surface area (Å²) in [5.74, 6) is 0.641. The summed E-state index contributed by atoms with van der Waals surface area (Å²) in [7, 11) is 0. The second-order valence-electron chi connectivity index (χ2n) is 6.67. The average molecular weight is 339 g/mol. The van der Waals surface area contributed by atoms with Crippen LogP contribution in [0.4, 0.5) is 5.69 Å². The molecule has 1 aliphatic heterocycles. The third kappa shape index (κ3) is 3.20. The average Bonchev–Trinajstić information content (AvgIpc) is 2.41. The van der Waals surface area contributed by atoms with E-state index in [4.69, 9.17) is 0 Å². The van der Waals surface area contributed by atoms with Crippen molar-refractivity contribution < 1.29 is 0 Å². The molecule has 0 aromatic heterocycles. The molecule has 2 nitrogen and oxygen atoms in total. The predicted octanol–water partition coefficient (Wildman–Crippen LogP) is 4.36. The minimum absolute atomic E-state index is 0.208. The van der Waals surface area contributed by atoms with E-state index in [0.717, 1.165) is 24.0 Å². The van der Waals surface area contributed by atoms with Gasteiger partial charge in [0, 0.05) is 34.8 Å². The number of hydrogen-bond donors (Lipinski definition) is 1. The maximum Gasteiger partial charge on any atom is 0.0438 e. The zero-order valence-electron chi connectivity index (χ0n) is 13.3. The zero-order chi connectivity index (χ0) is 14.9. The molecule has 20 heavy (non-hydrogen) atoms. The molecule has 0 bridgehead atoms. The van der Waals surface area contributed by atoms with Crippen LogP contribution < -0.4 is 10.2 Å². The molecular weight excluding hydrogens is 312 g/mol. The Labute approximate surface area is 132 Å². The van der Waals surface area contributed by atoms with Gasteiger partial charge in [0.2, 0.25) is 0 Å². The van der Waals surface area contributed by atoms with Gasteiger partial charge in [-0.25, -0.2) is 0 Å². The lowest BCUT2D eigenvalue weighted by Crippen LogP contribution is -2.64. The van der Waals surface area contributed by atoms with Crippen molar-refractivity contribution in [2.24, 2.45) is 5.92 Å². The van der Waals surface area contributed by atoms with Gasteiger partial charge in [0.05, 0.1) is 0 Å². The van der Waals surface area contributed by atoms with Gasteiger partial charge in [0.15, 0.2) is 0 Å². The molecule has 1 fully saturated rings. The van der Waals surface area contributed by atoms with Crippen LogP contribution in [0.5, 0.6) is 0 Å². The van der Waals surface area contributed by atoms with Crippen LogP contribution in [0.1, 0.15) is 39.7 Å². The van der Waals surface area contributed by atoms with Crippen molar-refractivity contribution in [2.75, 3.05) is 18.0 Å². The maximum absolute atomic E-state index is 3.76. The standard InChI is InChI=1S/C17H27BrN2/c1-6-17(5)11-20(16(10-19-17)12(2)3)15-9-14(18)8-7-13(15)4/h7-9,12,16,19H,6,10-11H2,1-5H3. The summed E-state index contributed by atoms with van der Waals surface area (Å²) in [6.07, 6.45) is 1.15. The Bertz CT molecular complexity index is 472. The Morgan fingerprint density at radius 1 is 1.45 bits per heavy atom. The monoisotopic (exact) mass is 338 g/mol. The second kappa shape index (κ2) is 6.07. The van der Waals surface area contributed by atoms with Gasteiger partial charge in [-0.3, -0.25) is 0 Å². The third-order valence-electron chi connectivity index (χ3n) is 4.69. The number of piperazine rings is 1. The third-order valence-corrected chi connectivity index (χ3v) is 5.18. The normalized spacial score (nSPS) is 27.1. The molecule has 0 saturated carbocycles. The van der Waals surface area contributed by atoms with E-state index < -0.39 is 0 Å². The van der Waals surface area contributed by atoms with Crippen LogP contribution in [0.2, 0.25) is 0 Å². The van der Waals surface area contributed by atoms with E-state index in [1.54, 1.807) is 0 Å². The Balaban J connectivity index is 2.39. The largest absolute Gasteiger partial charge is 0.365 e. The summed E-state index contributed by atoms with van der Waals surface area (Å²) in [5, 5.41) is 3.76. The topological polar surface area (TPSA) is 15.3 Å². The minimum atomic E-state index is 0.208. The van der Waals surface area contributed by atoms with E-state index >= 15 is 0 Å². The highest BCUT2D eigenvalue weighted by atomic mass is 79.9. The number of hydrogen-bond acceptors (Lipinski definition) is 2. The van der Waals surface area contributed by atoms with Crippen molar-refractivity contribution in [1.29, 1.82) is 0 Å². The van der Waals surface area contributed by atoms with Crippen molar-refractivity contribution in [3.8, 4) is 0 Å². The molecule has 1 aromatic carbocycles. The number of aryl methyl sites for hydroxylation is 1. The summed E-state index contributed by atoms with van der Waals surface area (Å²) in [4.78, 5) is 2.62. The number of nitrogens with zero attached hydrogens (tertiary/aromatic N) is 1. The van der Waals surface area contributed by atoms with Gasteiger partial charge in [-0.1, -0.05) is 42.8 Å². The molecule has 112 valence electrons. The van der Waals surface area contributed by atoms with Crippen LogP contribution in [0.15, 0.2) is 22.7 Å². The summed E-state index contributed by atoms with van der Waals surface area (Å²) in [6, 6.07) is 7.17. The minimum Gasteiger partial charge on any atom is -0.365 e. The molecular formula is C17H27BrN2. The van der Waals surface area contributed by atoms with Crippen molar-refractivity contribution in [3.63, 3.8) is 0 Å². The van der Waals surface area contributed by atoms with E-state index in [2.05, 4.69) is 79.0 Å². The summed E-state index contributed by atoms with van der Waals surface area (Å²) >= 11 is 3.62. The maximum atomic E-state index is 3.76. The highest BCUT2D eigenvalue weighted by molar-refractivity contribution is 9.10. The lowest BCUT2D eigenvalue weighted by Gasteiger charge is -2.49. The molecule has 0 radical (unpaired) electrons. The quantitative estimate of drug-likeness (QED) is 0.880. The Morgan fingerprint density at radius 3 is 2.75 bits per heavy atom. The fourth-order valence-corrected chi connectivity index (χ4v) is 3.35. The van der Waals surface area contributed by atoms with Crippen molar-refractivity contribution in [3.05, 3.63) is 28.2 Å². The van der Waals surface area contributed by atoms with E-state index in [0.29, 0.717) is 12.0 Å². The molecule has 2 rings (SSSR count). The smallest absolute Gasteiger partial charge is 0.0438 e. The molecule has 2 atom stereocenters. The molecule has 0 aliphatic carbocycles. The van der Waals surface area contributed by atoms with Crippen molar-refractivity contribution in [2.45, 2.75) is 52.6 Å². The van der Waals surface area contributed by atoms with Crippen LogP contribution in [-0.2, 0) is 0 Å². The van der Waals surface area contributed by atoms with E-state index in [9.17, 15) is 0 Å². The summed E-state index contributed by atoms with van der Waals surface area (Å²) < 4.78 is 1.16. The van der Waals surface area contributed by atoms with Crippen LogP contribution in [0.3, 0.4) is 0 Å². The van der Waals surface area contributed by atoms with Gasteiger partial charge in [-0.15, -0.1) is 0 Å². The van der Waals surface area contributed by atoms with E-state index in [1.165, 1.54) is 11.3 Å². The highest BCUT2D eigenvalue weighted by Gasteiger charge is 2.36. The lowest BCUT2D eigenvalue weighted by molar-refractivity contribution is 0.253. The Hall–Kier alpha value is -0.540. The molecule has 0 amide bonds. The van der Waals surface area contributed by atoms with Gasteiger partial charge >= 0.3 is 0 Å². The fraction of sp³-hybridized carbons (Fsp3) is 0.647. The molecule has 1 saturated heterocycles. The SMILES string of the molecule is CCC1(C)CN(c2cc(Br)ccc2C)C(C(C)C)CN1. The Kier molecular flexibility index (Phi) is 4.80. The van der Waals surface area contributed by atoms with Gasteiger partial charge in [0.25, 0.3) is 0 Å². The zero-order valence-corrected chi connectivity index (χ0v) is 14.9. The van der Waals surface area contributed by atoms with E-state index in [1.807, 2.05) is 0 Å². The summed E-state index contributed by atoms with van der Waals surface area (Å²) in [6.45, 7) is 13.6. The number of anilines is 1. The van der Waals surface area contributed by atoms with Crippen LogP contribution >= 0.6 is 15.9 Å². The van der Waals surface area contributed by atoms with Gasteiger partial charge in [0.1, 0.15) is 0 Å². The first-order valence-electron chi connectivity index (χ1n) is 7.64. The second-order valence-corrected chi connectivity index (χ2v) is 7.58. The first kappa shape index (κ1) is 15.8. The molecule has 2 unspecified atom stereocenters. The molecule has 1 heterocycles. The van der Waals surface area contributed by atoms with Gasteiger partial charge in [-0.05, 0) is 43.9 Å². The van der Waals surface area contributed by atoms with Crippen LogP contribution in [0.25, 0.3) is 0 Å². The van der Waals surface area contributed by atoms with E-state index in [-0.39, 0.29) is 5.54 Å². The Morgan fingerprint density at radius 2 is 2.15 bits per heavy atom. The number of halogens is 1. The van der Waals surface area contributed by atoms with Crippen LogP contribution in [-0.4, -0.2) is 24.7 Å². The van der Waals surface area contributed by atoms with Crippen molar-refractivity contribution >= 4 is 21.6 Å². The molecule has 1 N–H and O–H groups in total. The molecule has 0 spiro atoms. The van der Waals surface area contributed by atoms with Crippen LogP contribution in [0, 0.1) is 12.8 Å². The van der Waals surface area contributed by atoms with Gasteiger partial charge in [-0.2, -0.15) is 0 Å². The highest BCUT2D eigenvalue weighted by Crippen LogP contribution is 2.32. The predicted molar refractivity (Wildman–Crippen MR) is 91.5 cm³/mol. The van der Waals surface area contributed by atoms with Gasteiger partial charge < -0.3 is 10.2 Å². The molecule has 1 aromatic rings. The number of benzene rings is 1. The first-order valence-corrected chi connectivity index (χ1v) is 8.43.